The van der Waals surface area contributed by atoms with Crippen LogP contribution in [-0.4, -0.2) is 16.0 Å². The first kappa shape index (κ1) is 8.87. The van der Waals surface area contributed by atoms with Crippen LogP contribution < -0.4 is 0 Å². The molecule has 1 aromatic heterocycles. The summed E-state index contributed by atoms with van der Waals surface area (Å²) in [5, 5.41) is -0.606. The van der Waals surface area contributed by atoms with Crippen LogP contribution in [0.4, 0.5) is 0 Å². The molecule has 1 heterocycles. The van der Waals surface area contributed by atoms with Gasteiger partial charge in [0.25, 0.3) is 5.24 Å². The van der Waals surface area contributed by atoms with E-state index in [2.05, 4.69) is 4.98 Å². The number of ketones is 1. The highest BCUT2D eigenvalue weighted by Crippen LogP contribution is 2.05. The second-order valence-corrected chi connectivity index (χ2v) is 2.64. The van der Waals surface area contributed by atoms with Crippen molar-refractivity contribution in [3.05, 3.63) is 29.6 Å². The van der Waals surface area contributed by atoms with Gasteiger partial charge < -0.3 is 0 Å². The molecule has 3 nitrogen and oxygen atoms in total. The number of halogens is 1. The van der Waals surface area contributed by atoms with Crippen LogP contribution in [0.2, 0.25) is 0 Å². The molecular weight excluding hydrogens is 178 g/mol. The Balaban J connectivity index is 3.12. The molecule has 0 saturated heterocycles. The molecule has 0 aliphatic rings. The van der Waals surface area contributed by atoms with Crippen molar-refractivity contribution in [1.82, 2.24) is 4.98 Å². The van der Waals surface area contributed by atoms with E-state index in [-0.39, 0.29) is 11.3 Å². The summed E-state index contributed by atoms with van der Waals surface area (Å²) in [5.41, 5.74) is 0.630. The first-order valence-corrected chi connectivity index (χ1v) is 3.65. The van der Waals surface area contributed by atoms with Gasteiger partial charge in [0.1, 0.15) is 0 Å². The van der Waals surface area contributed by atoms with E-state index in [9.17, 15) is 9.59 Å². The van der Waals surface area contributed by atoms with Crippen molar-refractivity contribution in [3.63, 3.8) is 0 Å². The number of carbonyl (C=O) groups excluding carboxylic acids is 2. The maximum atomic E-state index is 10.8. The summed E-state index contributed by atoms with van der Waals surface area (Å²) in [5.74, 6) is -0.137. The minimum atomic E-state index is -0.606. The van der Waals surface area contributed by atoms with Gasteiger partial charge in [-0.3, -0.25) is 14.6 Å². The summed E-state index contributed by atoms with van der Waals surface area (Å²) in [6, 6.07) is 1.42. The summed E-state index contributed by atoms with van der Waals surface area (Å²) in [7, 11) is 0. The average molecular weight is 184 g/mol. The fourth-order valence-corrected chi connectivity index (χ4v) is 0.843. The first-order valence-electron chi connectivity index (χ1n) is 3.27. The van der Waals surface area contributed by atoms with Crippen LogP contribution in [0, 0.1) is 0 Å². The molecule has 4 heteroatoms. The molecule has 0 fully saturated rings. The zero-order valence-corrected chi connectivity index (χ0v) is 7.13. The predicted octanol–water partition coefficient (Wildman–Crippen LogP) is 1.66. The maximum absolute atomic E-state index is 10.8. The molecule has 0 N–H and O–H groups in total. The van der Waals surface area contributed by atoms with Gasteiger partial charge >= 0.3 is 0 Å². The van der Waals surface area contributed by atoms with Crippen LogP contribution in [0.3, 0.4) is 0 Å². The van der Waals surface area contributed by atoms with Crippen LogP contribution in [0.25, 0.3) is 0 Å². The Morgan fingerprint density at radius 1 is 1.33 bits per heavy atom. The molecule has 0 spiro atoms. The lowest BCUT2D eigenvalue weighted by Crippen LogP contribution is -1.97. The number of carbonyl (C=O) groups is 2. The summed E-state index contributed by atoms with van der Waals surface area (Å²) in [4.78, 5) is 25.2. The number of pyridine rings is 1. The van der Waals surface area contributed by atoms with Crippen molar-refractivity contribution >= 4 is 22.6 Å². The van der Waals surface area contributed by atoms with Gasteiger partial charge in [0.15, 0.2) is 5.78 Å². The average Bonchev–Trinajstić information content (AvgIpc) is 2.04. The molecule has 0 saturated carbocycles. The maximum Gasteiger partial charge on any atom is 0.253 e. The van der Waals surface area contributed by atoms with Crippen LogP contribution >= 0.6 is 11.6 Å². The third-order valence-electron chi connectivity index (χ3n) is 1.37. The molecule has 0 radical (unpaired) electrons. The number of hydrogen-bond acceptors (Lipinski definition) is 3. The van der Waals surface area contributed by atoms with Gasteiger partial charge in [-0.1, -0.05) is 0 Å². The molecule has 0 amide bonds. The molecule has 0 aromatic carbocycles. The number of Topliss-reactive ketones (excluding diaryl/α,β-unsaturated/α-hetero) is 1. The topological polar surface area (TPSA) is 47.0 Å². The number of aromatic nitrogens is 1. The molecule has 0 aliphatic carbocycles. The van der Waals surface area contributed by atoms with E-state index in [4.69, 9.17) is 11.6 Å². The Morgan fingerprint density at radius 2 is 1.92 bits per heavy atom. The fourth-order valence-electron chi connectivity index (χ4n) is 0.740. The van der Waals surface area contributed by atoms with Crippen LogP contribution in [0.5, 0.6) is 0 Å². The van der Waals surface area contributed by atoms with Gasteiger partial charge in [-0.05, 0) is 24.6 Å². The number of hydrogen-bond donors (Lipinski definition) is 0. The molecule has 0 unspecified atom stereocenters. The molecular formula is C8H6ClNO2. The monoisotopic (exact) mass is 183 g/mol. The Kier molecular flexibility index (Phi) is 2.55. The highest BCUT2D eigenvalue weighted by Gasteiger charge is 2.05. The normalized spacial score (nSPS) is 9.50. The highest BCUT2D eigenvalue weighted by molar-refractivity contribution is 6.67. The van der Waals surface area contributed by atoms with E-state index in [1.165, 1.54) is 25.4 Å². The number of rotatable bonds is 2. The van der Waals surface area contributed by atoms with Crippen molar-refractivity contribution in [2.75, 3.05) is 0 Å². The minimum Gasteiger partial charge on any atom is -0.294 e. The van der Waals surface area contributed by atoms with Gasteiger partial charge in [0.2, 0.25) is 0 Å². The Morgan fingerprint density at radius 3 is 2.42 bits per heavy atom. The SMILES string of the molecule is CC(=O)c1cncc(C(=O)Cl)c1. The van der Waals surface area contributed by atoms with E-state index in [0.717, 1.165) is 0 Å². The molecule has 0 atom stereocenters. The Labute approximate surface area is 74.4 Å². The second kappa shape index (κ2) is 3.45. The summed E-state index contributed by atoms with van der Waals surface area (Å²) in [6.07, 6.45) is 2.72. The first-order chi connectivity index (χ1) is 5.61. The largest absolute Gasteiger partial charge is 0.294 e. The highest BCUT2D eigenvalue weighted by atomic mass is 35.5. The lowest BCUT2D eigenvalue weighted by molar-refractivity contribution is 0.101. The third kappa shape index (κ3) is 1.89. The molecule has 1 rings (SSSR count). The van der Waals surface area contributed by atoms with Crippen molar-refractivity contribution in [1.29, 1.82) is 0 Å². The van der Waals surface area contributed by atoms with E-state index >= 15 is 0 Å². The molecule has 0 bridgehead atoms. The fraction of sp³-hybridized carbons (Fsp3) is 0.125. The third-order valence-corrected chi connectivity index (χ3v) is 1.59. The Hall–Kier alpha value is -1.22. The predicted molar refractivity (Wildman–Crippen MR) is 44.4 cm³/mol. The minimum absolute atomic E-state index is 0.137. The molecule has 1 aromatic rings. The quantitative estimate of drug-likeness (QED) is 0.518. The van der Waals surface area contributed by atoms with Crippen molar-refractivity contribution in [3.8, 4) is 0 Å². The van der Waals surface area contributed by atoms with Gasteiger partial charge in [0, 0.05) is 18.0 Å². The van der Waals surface area contributed by atoms with Gasteiger partial charge in [-0.15, -0.1) is 0 Å². The lowest BCUT2D eigenvalue weighted by Gasteiger charge is -1.95. The number of nitrogens with zero attached hydrogens (tertiary/aromatic N) is 1. The van der Waals surface area contributed by atoms with E-state index in [1.54, 1.807) is 0 Å². The van der Waals surface area contributed by atoms with E-state index < -0.39 is 5.24 Å². The van der Waals surface area contributed by atoms with Gasteiger partial charge in [-0.25, -0.2) is 0 Å². The second-order valence-electron chi connectivity index (χ2n) is 2.29. The summed E-state index contributed by atoms with van der Waals surface area (Å²) in [6.45, 7) is 1.40. The smallest absolute Gasteiger partial charge is 0.253 e. The zero-order valence-electron chi connectivity index (χ0n) is 6.37. The van der Waals surface area contributed by atoms with Crippen LogP contribution in [0.1, 0.15) is 27.6 Å². The Bertz CT molecular complexity index is 306. The molecule has 12 heavy (non-hydrogen) atoms. The van der Waals surface area contributed by atoms with Gasteiger partial charge in [0.05, 0.1) is 5.56 Å². The summed E-state index contributed by atoms with van der Waals surface area (Å²) < 4.78 is 0. The van der Waals surface area contributed by atoms with E-state index in [1.807, 2.05) is 0 Å². The van der Waals surface area contributed by atoms with Gasteiger partial charge in [-0.2, -0.15) is 0 Å². The van der Waals surface area contributed by atoms with E-state index in [0.29, 0.717) is 5.56 Å². The van der Waals surface area contributed by atoms with Crippen molar-refractivity contribution in [2.45, 2.75) is 6.92 Å². The summed E-state index contributed by atoms with van der Waals surface area (Å²) >= 11 is 5.19. The van der Waals surface area contributed by atoms with Crippen molar-refractivity contribution < 1.29 is 9.59 Å². The standard InChI is InChI=1S/C8H6ClNO2/c1-5(11)6-2-7(8(9)12)4-10-3-6/h2-4H,1H3. The lowest BCUT2D eigenvalue weighted by atomic mass is 10.1. The zero-order chi connectivity index (χ0) is 9.14. The van der Waals surface area contributed by atoms with Crippen LogP contribution in [0.15, 0.2) is 18.5 Å². The van der Waals surface area contributed by atoms with Crippen molar-refractivity contribution in [2.24, 2.45) is 0 Å². The molecule has 62 valence electrons. The molecule has 0 aliphatic heterocycles. The van der Waals surface area contributed by atoms with Crippen LogP contribution in [-0.2, 0) is 0 Å².